The van der Waals surface area contributed by atoms with Crippen LogP contribution in [0.1, 0.15) is 0 Å². The van der Waals surface area contributed by atoms with Gasteiger partial charge in [0, 0.05) is 23.9 Å². The summed E-state index contributed by atoms with van der Waals surface area (Å²) in [6.07, 6.45) is 0. The maximum atomic E-state index is 10.2. The van der Waals surface area contributed by atoms with Gasteiger partial charge in [0.1, 0.15) is 5.75 Å². The molecule has 0 radical (unpaired) electrons. The zero-order chi connectivity index (χ0) is 16.9. The zero-order valence-electron chi connectivity index (χ0n) is 11.0. The number of nitro groups is 2. The van der Waals surface area contributed by atoms with E-state index in [2.05, 4.69) is 0 Å². The van der Waals surface area contributed by atoms with Crippen molar-refractivity contribution < 1.29 is 20.1 Å². The fourth-order valence-corrected chi connectivity index (χ4v) is 1.34. The van der Waals surface area contributed by atoms with Gasteiger partial charge < -0.3 is 21.7 Å². The molecule has 0 aliphatic carbocycles. The van der Waals surface area contributed by atoms with E-state index >= 15 is 0 Å². The molecule has 0 unspecified atom stereocenters. The van der Waals surface area contributed by atoms with Crippen LogP contribution in [0.4, 0.5) is 22.7 Å². The molecule has 0 saturated heterocycles. The lowest BCUT2D eigenvalue weighted by molar-refractivity contribution is -0.385. The molecule has 0 bridgehead atoms. The minimum atomic E-state index is -0.689. The van der Waals surface area contributed by atoms with Crippen LogP contribution >= 0.6 is 0 Å². The fraction of sp³-hybridized carbons (Fsp3) is 0. The number of hydrogen-bond donors (Lipinski definition) is 4. The number of nitro benzene ring substituents is 2. The first-order chi connectivity index (χ1) is 10.2. The molecule has 10 nitrogen and oxygen atoms in total. The maximum Gasteiger partial charge on any atom is 0.312 e. The summed E-state index contributed by atoms with van der Waals surface area (Å²) >= 11 is 0. The minimum Gasteiger partial charge on any atom is -0.506 e. The molecule has 6 N–H and O–H groups in total. The second-order valence-corrected chi connectivity index (χ2v) is 4.01. The SMILES string of the molecule is Nc1cc([N+](=O)[O-])ccc1O.Nc1ccc(O)c([N+](=O)[O-])c1. The summed E-state index contributed by atoms with van der Waals surface area (Å²) in [5.41, 5.74) is 10.2. The number of rotatable bonds is 2. The molecular formula is C12H12N4O6. The lowest BCUT2D eigenvalue weighted by atomic mass is 10.2. The quantitative estimate of drug-likeness (QED) is 0.213. The first-order valence-corrected chi connectivity index (χ1v) is 5.68. The first kappa shape index (κ1) is 16.5. The third kappa shape index (κ3) is 4.23. The fourth-order valence-electron chi connectivity index (χ4n) is 1.34. The standard InChI is InChI=1S/2C6H6N2O3/c7-5-3-4(8(10)11)1-2-6(5)9;7-4-1-2-6(9)5(3-4)8(10)11/h2*1-3,9H,7H2. The highest BCUT2D eigenvalue weighted by Gasteiger charge is 2.11. The second kappa shape index (κ2) is 6.74. The first-order valence-electron chi connectivity index (χ1n) is 5.68. The summed E-state index contributed by atoms with van der Waals surface area (Å²) in [7, 11) is 0. The average Bonchev–Trinajstić information content (AvgIpc) is 2.44. The minimum absolute atomic E-state index is 0.0131. The lowest BCUT2D eigenvalue weighted by Gasteiger charge is -1.96. The van der Waals surface area contributed by atoms with E-state index < -0.39 is 9.85 Å². The van der Waals surface area contributed by atoms with E-state index in [9.17, 15) is 20.2 Å². The predicted octanol–water partition coefficient (Wildman–Crippen LogP) is 1.77. The number of non-ortho nitro benzene ring substituents is 1. The van der Waals surface area contributed by atoms with Crippen molar-refractivity contribution in [1.82, 2.24) is 0 Å². The van der Waals surface area contributed by atoms with Gasteiger partial charge in [-0.2, -0.15) is 0 Å². The van der Waals surface area contributed by atoms with E-state index in [-0.39, 0.29) is 34.2 Å². The summed E-state index contributed by atoms with van der Waals surface area (Å²) < 4.78 is 0. The molecule has 0 fully saturated rings. The molecule has 0 aliphatic rings. The maximum absolute atomic E-state index is 10.2. The van der Waals surface area contributed by atoms with Crippen LogP contribution in [0.2, 0.25) is 0 Å². The highest BCUT2D eigenvalue weighted by molar-refractivity contribution is 5.57. The Labute approximate surface area is 123 Å². The van der Waals surface area contributed by atoms with Gasteiger partial charge in [-0.15, -0.1) is 0 Å². The molecule has 0 saturated carbocycles. The van der Waals surface area contributed by atoms with Crippen molar-refractivity contribution in [2.75, 3.05) is 11.5 Å². The number of benzene rings is 2. The van der Waals surface area contributed by atoms with Crippen LogP contribution in [0.5, 0.6) is 11.5 Å². The molecule has 10 heteroatoms. The Morgan fingerprint density at radius 3 is 1.91 bits per heavy atom. The molecular weight excluding hydrogens is 296 g/mol. The molecule has 0 heterocycles. The van der Waals surface area contributed by atoms with Gasteiger partial charge in [-0.3, -0.25) is 20.2 Å². The van der Waals surface area contributed by atoms with Gasteiger partial charge in [0.15, 0.2) is 5.75 Å². The third-order valence-electron chi connectivity index (χ3n) is 2.42. The molecule has 0 aromatic heterocycles. The summed E-state index contributed by atoms with van der Waals surface area (Å²) in [6, 6.07) is 7.17. The zero-order valence-corrected chi connectivity index (χ0v) is 11.0. The molecule has 22 heavy (non-hydrogen) atoms. The Hall–Kier alpha value is -3.56. The number of nitrogens with zero attached hydrogens (tertiary/aromatic N) is 2. The molecule has 2 aromatic rings. The van der Waals surface area contributed by atoms with Crippen LogP contribution in [0.15, 0.2) is 36.4 Å². The van der Waals surface area contributed by atoms with Crippen molar-refractivity contribution in [3.05, 3.63) is 56.6 Å². The molecule has 116 valence electrons. The van der Waals surface area contributed by atoms with Gasteiger partial charge in [0.25, 0.3) is 5.69 Å². The highest BCUT2D eigenvalue weighted by atomic mass is 16.6. The van der Waals surface area contributed by atoms with Crippen LogP contribution < -0.4 is 11.5 Å². The molecule has 0 spiro atoms. The largest absolute Gasteiger partial charge is 0.506 e. The molecule has 0 atom stereocenters. The Morgan fingerprint density at radius 1 is 0.864 bits per heavy atom. The van der Waals surface area contributed by atoms with E-state index in [1.54, 1.807) is 0 Å². The average molecular weight is 308 g/mol. The van der Waals surface area contributed by atoms with E-state index in [0.717, 1.165) is 12.1 Å². The Balaban J connectivity index is 0.000000220. The highest BCUT2D eigenvalue weighted by Crippen LogP contribution is 2.27. The van der Waals surface area contributed by atoms with Gasteiger partial charge in [-0.25, -0.2) is 0 Å². The van der Waals surface area contributed by atoms with Crippen molar-refractivity contribution in [3.63, 3.8) is 0 Å². The van der Waals surface area contributed by atoms with E-state index in [1.165, 1.54) is 24.3 Å². The Bertz CT molecular complexity index is 719. The smallest absolute Gasteiger partial charge is 0.312 e. The summed E-state index contributed by atoms with van der Waals surface area (Å²) in [5, 5.41) is 38.1. The van der Waals surface area contributed by atoms with Crippen LogP contribution in [0.25, 0.3) is 0 Å². The monoisotopic (exact) mass is 308 g/mol. The number of hydrogen-bond acceptors (Lipinski definition) is 8. The van der Waals surface area contributed by atoms with E-state index in [0.29, 0.717) is 0 Å². The summed E-state index contributed by atoms with van der Waals surface area (Å²) in [4.78, 5) is 19.0. The van der Waals surface area contributed by atoms with Crippen molar-refractivity contribution in [2.24, 2.45) is 0 Å². The number of aromatic hydroxyl groups is 2. The predicted molar refractivity (Wildman–Crippen MR) is 78.3 cm³/mol. The number of nitrogen functional groups attached to an aromatic ring is 2. The Morgan fingerprint density at radius 2 is 1.45 bits per heavy atom. The third-order valence-corrected chi connectivity index (χ3v) is 2.42. The number of phenols is 2. The lowest BCUT2D eigenvalue weighted by Crippen LogP contribution is -1.91. The van der Waals surface area contributed by atoms with Gasteiger partial charge in [0.2, 0.25) is 0 Å². The van der Waals surface area contributed by atoms with Crippen molar-refractivity contribution in [2.45, 2.75) is 0 Å². The normalized spacial score (nSPS) is 9.45. The van der Waals surface area contributed by atoms with Gasteiger partial charge >= 0.3 is 5.69 Å². The summed E-state index contributed by atoms with van der Waals surface area (Å²) in [6.45, 7) is 0. The van der Waals surface area contributed by atoms with Crippen molar-refractivity contribution in [3.8, 4) is 11.5 Å². The van der Waals surface area contributed by atoms with Crippen molar-refractivity contribution >= 4 is 22.7 Å². The molecule has 2 aromatic carbocycles. The topological polar surface area (TPSA) is 179 Å². The van der Waals surface area contributed by atoms with Gasteiger partial charge in [0.05, 0.1) is 15.5 Å². The Kier molecular flexibility index (Phi) is 5.06. The van der Waals surface area contributed by atoms with Crippen molar-refractivity contribution in [1.29, 1.82) is 0 Å². The number of phenolic OH excluding ortho intramolecular Hbond substituents is 2. The van der Waals surface area contributed by atoms with Gasteiger partial charge in [-0.05, 0) is 18.2 Å². The van der Waals surface area contributed by atoms with E-state index in [4.69, 9.17) is 21.7 Å². The number of anilines is 2. The molecule has 0 aliphatic heterocycles. The number of nitrogens with two attached hydrogens (primary N) is 2. The van der Waals surface area contributed by atoms with Crippen LogP contribution in [-0.2, 0) is 0 Å². The van der Waals surface area contributed by atoms with Gasteiger partial charge in [-0.1, -0.05) is 0 Å². The molecule has 2 rings (SSSR count). The van der Waals surface area contributed by atoms with E-state index in [1.807, 2.05) is 0 Å². The van der Waals surface area contributed by atoms with Crippen LogP contribution in [0, 0.1) is 20.2 Å². The van der Waals surface area contributed by atoms with Crippen LogP contribution in [-0.4, -0.2) is 20.1 Å². The van der Waals surface area contributed by atoms with Crippen LogP contribution in [0.3, 0.4) is 0 Å². The second-order valence-electron chi connectivity index (χ2n) is 4.01. The summed E-state index contributed by atoms with van der Waals surface area (Å²) in [5.74, 6) is -0.514. The molecule has 0 amide bonds.